The van der Waals surface area contributed by atoms with E-state index in [9.17, 15) is 4.79 Å². The molecular formula is C12H15N3O2S. The van der Waals surface area contributed by atoms with Crippen molar-refractivity contribution in [1.82, 2.24) is 14.8 Å². The van der Waals surface area contributed by atoms with Crippen LogP contribution in [0, 0.1) is 6.92 Å². The van der Waals surface area contributed by atoms with Gasteiger partial charge in [0, 0.05) is 6.54 Å². The molecule has 0 aliphatic heterocycles. The van der Waals surface area contributed by atoms with Gasteiger partial charge in [-0.05, 0) is 26.8 Å². The van der Waals surface area contributed by atoms with Crippen molar-refractivity contribution in [2.75, 3.05) is 6.61 Å². The number of ether oxygens (including phenoxy) is 1. The SMILES string of the molecule is CCOC(=O)c1cnc(-c2cc(C)nn2CC)s1. The maximum atomic E-state index is 11.6. The smallest absolute Gasteiger partial charge is 0.349 e. The molecule has 0 amide bonds. The molecule has 6 heteroatoms. The molecule has 2 heterocycles. The molecule has 18 heavy (non-hydrogen) atoms. The first-order valence-electron chi connectivity index (χ1n) is 5.83. The summed E-state index contributed by atoms with van der Waals surface area (Å²) in [7, 11) is 0. The first kappa shape index (κ1) is 12.8. The maximum Gasteiger partial charge on any atom is 0.349 e. The molecule has 0 atom stereocenters. The zero-order chi connectivity index (χ0) is 13.1. The van der Waals surface area contributed by atoms with Crippen LogP contribution >= 0.6 is 11.3 Å². The summed E-state index contributed by atoms with van der Waals surface area (Å²) in [6.45, 7) is 6.90. The Hall–Kier alpha value is -1.69. The number of rotatable bonds is 4. The van der Waals surface area contributed by atoms with Crippen molar-refractivity contribution in [2.45, 2.75) is 27.3 Å². The van der Waals surface area contributed by atoms with Crippen LogP contribution in [0.1, 0.15) is 29.2 Å². The van der Waals surface area contributed by atoms with Crippen LogP contribution in [0.15, 0.2) is 12.3 Å². The number of carbonyl (C=O) groups is 1. The maximum absolute atomic E-state index is 11.6. The highest BCUT2D eigenvalue weighted by atomic mass is 32.1. The number of aromatic nitrogens is 3. The molecule has 0 saturated heterocycles. The molecule has 0 aromatic carbocycles. The van der Waals surface area contributed by atoms with Crippen molar-refractivity contribution in [3.05, 3.63) is 22.8 Å². The Morgan fingerprint density at radius 1 is 1.50 bits per heavy atom. The standard InChI is InChI=1S/C12H15N3O2S/c1-4-15-9(6-8(3)14-15)11-13-7-10(18-11)12(16)17-5-2/h6-7H,4-5H2,1-3H3. The summed E-state index contributed by atoms with van der Waals surface area (Å²) in [6, 6.07) is 1.97. The lowest BCUT2D eigenvalue weighted by molar-refractivity contribution is 0.0532. The summed E-state index contributed by atoms with van der Waals surface area (Å²) in [5.74, 6) is -0.319. The average Bonchev–Trinajstić information content (AvgIpc) is 2.95. The van der Waals surface area contributed by atoms with Gasteiger partial charge in [-0.1, -0.05) is 0 Å². The highest BCUT2D eigenvalue weighted by molar-refractivity contribution is 7.16. The molecule has 96 valence electrons. The summed E-state index contributed by atoms with van der Waals surface area (Å²) in [6.07, 6.45) is 1.56. The van der Waals surface area contributed by atoms with Gasteiger partial charge in [0.1, 0.15) is 9.88 Å². The van der Waals surface area contributed by atoms with Crippen molar-refractivity contribution in [3.63, 3.8) is 0 Å². The van der Waals surface area contributed by atoms with Gasteiger partial charge in [0.15, 0.2) is 0 Å². The first-order valence-corrected chi connectivity index (χ1v) is 6.65. The molecule has 0 radical (unpaired) electrons. The highest BCUT2D eigenvalue weighted by Crippen LogP contribution is 2.26. The van der Waals surface area contributed by atoms with Crippen molar-refractivity contribution >= 4 is 17.3 Å². The molecule has 2 rings (SSSR count). The van der Waals surface area contributed by atoms with Gasteiger partial charge < -0.3 is 4.74 Å². The molecule has 0 aliphatic rings. The minimum atomic E-state index is -0.319. The fraction of sp³-hybridized carbons (Fsp3) is 0.417. The Kier molecular flexibility index (Phi) is 3.76. The second-order valence-electron chi connectivity index (χ2n) is 3.74. The molecular weight excluding hydrogens is 250 g/mol. The molecule has 0 fully saturated rings. The van der Waals surface area contributed by atoms with Crippen LogP contribution in [0.4, 0.5) is 0 Å². The number of thiazole rings is 1. The Balaban J connectivity index is 2.31. The second kappa shape index (κ2) is 5.30. The Bertz CT molecular complexity index is 559. The lowest BCUT2D eigenvalue weighted by Crippen LogP contribution is -2.01. The third-order valence-corrected chi connectivity index (χ3v) is 3.40. The van der Waals surface area contributed by atoms with E-state index in [0.29, 0.717) is 11.5 Å². The van der Waals surface area contributed by atoms with Crippen molar-refractivity contribution < 1.29 is 9.53 Å². The van der Waals surface area contributed by atoms with E-state index in [2.05, 4.69) is 10.1 Å². The van der Waals surface area contributed by atoms with Crippen molar-refractivity contribution in [1.29, 1.82) is 0 Å². The van der Waals surface area contributed by atoms with Crippen molar-refractivity contribution in [2.24, 2.45) is 0 Å². The summed E-state index contributed by atoms with van der Waals surface area (Å²) < 4.78 is 6.83. The van der Waals surface area contributed by atoms with Crippen LogP contribution in [0.3, 0.4) is 0 Å². The third-order valence-electron chi connectivity index (χ3n) is 2.40. The molecule has 0 N–H and O–H groups in total. The van der Waals surface area contributed by atoms with Gasteiger partial charge in [0.05, 0.1) is 24.2 Å². The van der Waals surface area contributed by atoms with Crippen LogP contribution in [0.2, 0.25) is 0 Å². The highest BCUT2D eigenvalue weighted by Gasteiger charge is 2.15. The Labute approximate surface area is 109 Å². The topological polar surface area (TPSA) is 57.0 Å². The van der Waals surface area contributed by atoms with Crippen LogP contribution in [0.25, 0.3) is 10.7 Å². The van der Waals surface area contributed by atoms with Crippen molar-refractivity contribution in [3.8, 4) is 10.7 Å². The monoisotopic (exact) mass is 265 g/mol. The molecule has 2 aromatic heterocycles. The van der Waals surface area contributed by atoms with Crippen LogP contribution in [-0.2, 0) is 11.3 Å². The average molecular weight is 265 g/mol. The predicted octanol–water partition coefficient (Wildman–Crippen LogP) is 2.51. The third kappa shape index (κ3) is 2.43. The number of hydrogen-bond acceptors (Lipinski definition) is 5. The van der Waals surface area contributed by atoms with Crippen LogP contribution in [-0.4, -0.2) is 27.3 Å². The Morgan fingerprint density at radius 2 is 2.28 bits per heavy atom. The first-order chi connectivity index (χ1) is 8.65. The fourth-order valence-electron chi connectivity index (χ4n) is 1.65. The largest absolute Gasteiger partial charge is 0.462 e. The molecule has 0 unspecified atom stereocenters. The van der Waals surface area contributed by atoms with Gasteiger partial charge in [0.2, 0.25) is 0 Å². The van der Waals surface area contributed by atoms with Gasteiger partial charge in [-0.15, -0.1) is 11.3 Å². The molecule has 0 saturated carbocycles. The summed E-state index contributed by atoms with van der Waals surface area (Å²) >= 11 is 1.33. The van der Waals surface area contributed by atoms with E-state index in [1.807, 2.05) is 24.6 Å². The van der Waals surface area contributed by atoms with E-state index in [4.69, 9.17) is 4.74 Å². The number of aryl methyl sites for hydroxylation is 2. The number of nitrogens with zero attached hydrogens (tertiary/aromatic N) is 3. The van der Waals surface area contributed by atoms with Crippen LogP contribution < -0.4 is 0 Å². The van der Waals surface area contributed by atoms with Crippen LogP contribution in [0.5, 0.6) is 0 Å². The van der Waals surface area contributed by atoms with Gasteiger partial charge >= 0.3 is 5.97 Å². The van der Waals surface area contributed by atoms with E-state index in [1.54, 1.807) is 13.1 Å². The van der Waals surface area contributed by atoms with Gasteiger partial charge in [-0.2, -0.15) is 5.10 Å². The van der Waals surface area contributed by atoms with E-state index in [1.165, 1.54) is 11.3 Å². The zero-order valence-electron chi connectivity index (χ0n) is 10.6. The van der Waals surface area contributed by atoms with E-state index < -0.39 is 0 Å². The summed E-state index contributed by atoms with van der Waals surface area (Å²) in [5.41, 5.74) is 1.88. The van der Waals surface area contributed by atoms with E-state index >= 15 is 0 Å². The lowest BCUT2D eigenvalue weighted by Gasteiger charge is -2.00. The Morgan fingerprint density at radius 3 is 2.94 bits per heavy atom. The molecule has 0 spiro atoms. The molecule has 2 aromatic rings. The summed E-state index contributed by atoms with van der Waals surface area (Å²) in [5, 5.41) is 5.16. The number of esters is 1. The summed E-state index contributed by atoms with van der Waals surface area (Å²) in [4.78, 5) is 16.4. The minimum absolute atomic E-state index is 0.319. The lowest BCUT2D eigenvalue weighted by atomic mass is 10.4. The molecule has 5 nitrogen and oxygen atoms in total. The number of carbonyl (C=O) groups excluding carboxylic acids is 1. The van der Waals surface area contributed by atoms with E-state index in [0.717, 1.165) is 22.9 Å². The van der Waals surface area contributed by atoms with Gasteiger partial charge in [-0.25, -0.2) is 9.78 Å². The van der Waals surface area contributed by atoms with E-state index in [-0.39, 0.29) is 5.97 Å². The molecule has 0 bridgehead atoms. The second-order valence-corrected chi connectivity index (χ2v) is 4.77. The normalized spacial score (nSPS) is 10.6. The number of hydrogen-bond donors (Lipinski definition) is 0. The fourth-order valence-corrected chi connectivity index (χ4v) is 2.48. The van der Waals surface area contributed by atoms with Gasteiger partial charge in [0.25, 0.3) is 0 Å². The minimum Gasteiger partial charge on any atom is -0.462 e. The quantitative estimate of drug-likeness (QED) is 0.797. The molecule has 0 aliphatic carbocycles. The van der Waals surface area contributed by atoms with Gasteiger partial charge in [-0.3, -0.25) is 4.68 Å². The predicted molar refractivity (Wildman–Crippen MR) is 69.7 cm³/mol. The zero-order valence-corrected chi connectivity index (χ0v) is 11.5.